The molecule has 0 spiro atoms. The molecule has 0 aliphatic heterocycles. The van der Waals surface area contributed by atoms with E-state index in [9.17, 15) is 13.6 Å². The van der Waals surface area contributed by atoms with Crippen LogP contribution >= 0.6 is 35.0 Å². The zero-order chi connectivity index (χ0) is 19.6. The number of carbonyl (C=O) groups excluding carboxylic acids is 1. The predicted octanol–water partition coefficient (Wildman–Crippen LogP) is 4.83. The van der Waals surface area contributed by atoms with Gasteiger partial charge < -0.3 is 5.73 Å². The molecule has 1 atom stereocenters. The Bertz CT molecular complexity index is 982. The van der Waals surface area contributed by atoms with Crippen LogP contribution in [-0.4, -0.2) is 16.1 Å². The molecule has 9 heteroatoms. The molecule has 2 N–H and O–H groups in total. The Labute approximate surface area is 167 Å². The molecule has 3 rings (SSSR count). The van der Waals surface area contributed by atoms with Gasteiger partial charge in [-0.3, -0.25) is 4.79 Å². The number of halogens is 4. The number of benzene rings is 2. The third kappa shape index (κ3) is 4.37. The number of aromatic nitrogens is 2. The van der Waals surface area contributed by atoms with Crippen LogP contribution in [0.15, 0.2) is 58.5 Å². The van der Waals surface area contributed by atoms with E-state index in [1.165, 1.54) is 12.1 Å². The van der Waals surface area contributed by atoms with Gasteiger partial charge in [0.05, 0.1) is 5.69 Å². The molecule has 1 amide bonds. The van der Waals surface area contributed by atoms with Crippen molar-refractivity contribution >= 4 is 40.9 Å². The van der Waals surface area contributed by atoms with Crippen molar-refractivity contribution < 1.29 is 13.6 Å². The van der Waals surface area contributed by atoms with E-state index in [2.05, 4.69) is 10.2 Å². The van der Waals surface area contributed by atoms with Gasteiger partial charge in [0, 0.05) is 26.6 Å². The number of nitrogens with two attached hydrogens (primary N) is 1. The minimum absolute atomic E-state index is 0.194. The highest BCUT2D eigenvalue weighted by Crippen LogP contribution is 2.35. The first-order valence-electron chi connectivity index (χ1n) is 7.56. The summed E-state index contributed by atoms with van der Waals surface area (Å²) in [5.74, 6) is -3.05. The van der Waals surface area contributed by atoms with Gasteiger partial charge in [0.15, 0.2) is 0 Å². The molecule has 0 saturated carbocycles. The zero-order valence-electron chi connectivity index (χ0n) is 13.5. The van der Waals surface area contributed by atoms with Gasteiger partial charge in [0.1, 0.15) is 22.6 Å². The number of hydrogen-bond donors (Lipinski definition) is 1. The first-order chi connectivity index (χ1) is 12.9. The molecule has 0 fully saturated rings. The van der Waals surface area contributed by atoms with Crippen molar-refractivity contribution in [3.63, 3.8) is 0 Å². The van der Waals surface area contributed by atoms with Crippen LogP contribution in [0.3, 0.4) is 0 Å². The van der Waals surface area contributed by atoms with E-state index in [0.717, 1.165) is 23.9 Å². The highest BCUT2D eigenvalue weighted by Gasteiger charge is 2.27. The fourth-order valence-corrected chi connectivity index (χ4v) is 3.78. The van der Waals surface area contributed by atoms with Crippen molar-refractivity contribution in [1.82, 2.24) is 10.2 Å². The number of amides is 1. The highest BCUT2D eigenvalue weighted by molar-refractivity contribution is 7.99. The third-order valence-corrected chi connectivity index (χ3v) is 5.27. The number of primary amides is 1. The molecular weight excluding hydrogens is 415 g/mol. The van der Waals surface area contributed by atoms with E-state index in [1.54, 1.807) is 24.3 Å². The van der Waals surface area contributed by atoms with E-state index in [0.29, 0.717) is 10.6 Å². The number of carbonyl (C=O) groups is 1. The van der Waals surface area contributed by atoms with Crippen LogP contribution in [0.4, 0.5) is 8.78 Å². The molecule has 27 heavy (non-hydrogen) atoms. The van der Waals surface area contributed by atoms with Crippen LogP contribution in [0.1, 0.15) is 17.2 Å². The molecule has 3 aromatic rings. The second kappa shape index (κ2) is 8.21. The summed E-state index contributed by atoms with van der Waals surface area (Å²) in [7, 11) is 0. The molecule has 0 radical (unpaired) electrons. The zero-order valence-corrected chi connectivity index (χ0v) is 15.8. The molecule has 0 bridgehead atoms. The topological polar surface area (TPSA) is 68.9 Å². The van der Waals surface area contributed by atoms with Gasteiger partial charge in [0.2, 0.25) is 5.91 Å². The maximum atomic E-state index is 13.8. The SMILES string of the molecule is NC(=O)[C@H](c1ccc(Sc2ccc(F)cc2F)nn1)c1c(Cl)cccc1Cl. The van der Waals surface area contributed by atoms with Gasteiger partial charge in [-0.1, -0.05) is 41.0 Å². The van der Waals surface area contributed by atoms with Crippen molar-refractivity contribution in [2.75, 3.05) is 0 Å². The molecule has 0 aliphatic carbocycles. The van der Waals surface area contributed by atoms with Crippen LogP contribution in [-0.2, 0) is 4.79 Å². The largest absolute Gasteiger partial charge is 0.369 e. The van der Waals surface area contributed by atoms with E-state index in [4.69, 9.17) is 28.9 Å². The normalized spacial score (nSPS) is 12.0. The van der Waals surface area contributed by atoms with E-state index in [-0.39, 0.29) is 20.6 Å². The lowest BCUT2D eigenvalue weighted by Crippen LogP contribution is -2.24. The van der Waals surface area contributed by atoms with Crippen molar-refractivity contribution in [2.45, 2.75) is 15.8 Å². The molecule has 0 unspecified atom stereocenters. The average Bonchev–Trinajstić information content (AvgIpc) is 2.61. The van der Waals surface area contributed by atoms with Gasteiger partial charge in [-0.15, -0.1) is 5.10 Å². The molecule has 2 aromatic carbocycles. The molecule has 4 nitrogen and oxygen atoms in total. The molecule has 1 aromatic heterocycles. The lowest BCUT2D eigenvalue weighted by molar-refractivity contribution is -0.118. The fraction of sp³-hybridized carbons (Fsp3) is 0.0556. The Morgan fingerprint density at radius 2 is 1.74 bits per heavy atom. The summed E-state index contributed by atoms with van der Waals surface area (Å²) >= 11 is 13.3. The standard InChI is InChI=1S/C18H11Cl2F2N3OS/c19-10-2-1-3-11(20)16(10)17(18(23)26)13-5-7-15(25-24-13)27-14-6-4-9(21)8-12(14)22/h1-8,17H,(H2,23,26)/t17-/m1/s1. The van der Waals surface area contributed by atoms with Crippen LogP contribution in [0.2, 0.25) is 10.0 Å². The number of hydrogen-bond acceptors (Lipinski definition) is 4. The lowest BCUT2D eigenvalue weighted by atomic mass is 9.94. The second-order valence-electron chi connectivity index (χ2n) is 5.44. The van der Waals surface area contributed by atoms with Crippen LogP contribution < -0.4 is 5.73 Å². The minimum Gasteiger partial charge on any atom is -0.369 e. The quantitative estimate of drug-likeness (QED) is 0.635. The summed E-state index contributed by atoms with van der Waals surface area (Å²) in [6.07, 6.45) is 0. The Kier molecular flexibility index (Phi) is 5.94. The molecular formula is C18H11Cl2F2N3OS. The van der Waals surface area contributed by atoms with Gasteiger partial charge in [-0.2, -0.15) is 5.10 Å². The Morgan fingerprint density at radius 1 is 1.04 bits per heavy atom. The average molecular weight is 426 g/mol. The monoisotopic (exact) mass is 425 g/mol. The molecule has 0 saturated heterocycles. The fourth-order valence-electron chi connectivity index (χ4n) is 2.43. The first kappa shape index (κ1) is 19.5. The highest BCUT2D eigenvalue weighted by atomic mass is 35.5. The lowest BCUT2D eigenvalue weighted by Gasteiger charge is -2.16. The van der Waals surface area contributed by atoms with Crippen molar-refractivity contribution in [2.24, 2.45) is 5.73 Å². The Hall–Kier alpha value is -2.22. The van der Waals surface area contributed by atoms with Crippen LogP contribution in [0, 0.1) is 11.6 Å². The van der Waals surface area contributed by atoms with Crippen molar-refractivity contribution in [3.8, 4) is 0 Å². The van der Waals surface area contributed by atoms with Gasteiger partial charge >= 0.3 is 0 Å². The Balaban J connectivity index is 1.91. The summed E-state index contributed by atoms with van der Waals surface area (Å²) in [6, 6.07) is 11.2. The van der Waals surface area contributed by atoms with E-state index < -0.39 is 23.5 Å². The van der Waals surface area contributed by atoms with Crippen LogP contribution in [0.5, 0.6) is 0 Å². The van der Waals surface area contributed by atoms with Gasteiger partial charge in [-0.25, -0.2) is 8.78 Å². The Morgan fingerprint density at radius 3 is 2.30 bits per heavy atom. The summed E-state index contributed by atoms with van der Waals surface area (Å²) in [5, 5.41) is 8.92. The minimum atomic E-state index is -0.986. The van der Waals surface area contributed by atoms with E-state index in [1.807, 2.05) is 0 Å². The second-order valence-corrected chi connectivity index (χ2v) is 7.32. The summed E-state index contributed by atoms with van der Waals surface area (Å²) in [5.41, 5.74) is 6.11. The predicted molar refractivity (Wildman–Crippen MR) is 100 cm³/mol. The van der Waals surface area contributed by atoms with E-state index >= 15 is 0 Å². The molecule has 138 valence electrons. The smallest absolute Gasteiger partial charge is 0.231 e. The van der Waals surface area contributed by atoms with Crippen molar-refractivity contribution in [3.05, 3.63) is 81.5 Å². The maximum Gasteiger partial charge on any atom is 0.231 e. The third-order valence-electron chi connectivity index (χ3n) is 3.64. The summed E-state index contributed by atoms with van der Waals surface area (Å²) in [6.45, 7) is 0. The number of rotatable bonds is 5. The summed E-state index contributed by atoms with van der Waals surface area (Å²) in [4.78, 5) is 12.2. The van der Waals surface area contributed by atoms with Gasteiger partial charge in [0.25, 0.3) is 0 Å². The van der Waals surface area contributed by atoms with Gasteiger partial charge in [-0.05, 0) is 36.4 Å². The first-order valence-corrected chi connectivity index (χ1v) is 9.14. The van der Waals surface area contributed by atoms with Crippen LogP contribution in [0.25, 0.3) is 0 Å². The molecule has 1 heterocycles. The summed E-state index contributed by atoms with van der Waals surface area (Å²) < 4.78 is 26.7. The number of nitrogens with zero attached hydrogens (tertiary/aromatic N) is 2. The molecule has 0 aliphatic rings. The van der Waals surface area contributed by atoms with Crippen molar-refractivity contribution in [1.29, 1.82) is 0 Å². The maximum absolute atomic E-state index is 13.8.